The molecule has 1 atom stereocenters. The van der Waals surface area contributed by atoms with Gasteiger partial charge in [-0.3, -0.25) is 0 Å². The Morgan fingerprint density at radius 1 is 0.926 bits per heavy atom. The first-order valence-corrected chi connectivity index (χ1v) is 9.01. The molecular formula is C21H25BF2O3. The minimum atomic E-state index is -2.58. The summed E-state index contributed by atoms with van der Waals surface area (Å²) in [5.41, 5.74) is -0.497. The Morgan fingerprint density at radius 2 is 1.48 bits per heavy atom. The highest BCUT2D eigenvalue weighted by Gasteiger charge is 2.51. The van der Waals surface area contributed by atoms with Crippen molar-refractivity contribution in [2.75, 3.05) is 0 Å². The summed E-state index contributed by atoms with van der Waals surface area (Å²) >= 11 is 0. The summed E-state index contributed by atoms with van der Waals surface area (Å²) in [4.78, 5) is 0. The van der Waals surface area contributed by atoms with Crippen molar-refractivity contribution < 1.29 is 23.2 Å². The van der Waals surface area contributed by atoms with Crippen LogP contribution in [0.3, 0.4) is 0 Å². The molecule has 1 fully saturated rings. The molecule has 6 heteroatoms. The lowest BCUT2D eigenvalue weighted by atomic mass is 9.77. The largest absolute Gasteiger partial charge is 0.494 e. The van der Waals surface area contributed by atoms with Crippen molar-refractivity contribution >= 4 is 12.6 Å². The first-order chi connectivity index (χ1) is 12.4. The molecule has 0 spiro atoms. The van der Waals surface area contributed by atoms with Gasteiger partial charge in [-0.1, -0.05) is 42.5 Å². The standard InChI is InChI=1S/C21H25BF2O3/c1-19(2)20(3,4)27-22(26-19)17-11-9-15(10-12-17)21(5,25)16-8-6-7-14(13-16)18(23)24/h6-13,18,25H,1-5H3. The van der Waals surface area contributed by atoms with Crippen LogP contribution in [0.5, 0.6) is 0 Å². The van der Waals surface area contributed by atoms with Crippen LogP contribution in [0.25, 0.3) is 0 Å². The first kappa shape index (κ1) is 20.0. The van der Waals surface area contributed by atoms with Gasteiger partial charge in [0, 0.05) is 5.56 Å². The van der Waals surface area contributed by atoms with Crippen LogP contribution < -0.4 is 5.46 Å². The third-order valence-electron chi connectivity index (χ3n) is 5.70. The molecule has 27 heavy (non-hydrogen) atoms. The number of hydrogen-bond acceptors (Lipinski definition) is 3. The van der Waals surface area contributed by atoms with E-state index in [9.17, 15) is 13.9 Å². The Bertz CT molecular complexity index is 800. The zero-order valence-electron chi connectivity index (χ0n) is 16.3. The summed E-state index contributed by atoms with van der Waals surface area (Å²) in [5, 5.41) is 11.0. The summed E-state index contributed by atoms with van der Waals surface area (Å²) < 4.78 is 38.0. The number of rotatable bonds is 4. The first-order valence-electron chi connectivity index (χ1n) is 9.01. The van der Waals surface area contributed by atoms with Gasteiger partial charge in [0.05, 0.1) is 11.2 Å². The van der Waals surface area contributed by atoms with Gasteiger partial charge in [0.25, 0.3) is 6.43 Å². The van der Waals surface area contributed by atoms with Crippen LogP contribution in [0.1, 0.15) is 57.7 Å². The molecule has 1 aliphatic heterocycles. The highest BCUT2D eigenvalue weighted by atomic mass is 19.3. The summed E-state index contributed by atoms with van der Waals surface area (Å²) in [7, 11) is -0.490. The zero-order valence-corrected chi connectivity index (χ0v) is 16.3. The van der Waals surface area contributed by atoms with E-state index in [0.29, 0.717) is 11.1 Å². The van der Waals surface area contributed by atoms with Gasteiger partial charge < -0.3 is 14.4 Å². The lowest BCUT2D eigenvalue weighted by Crippen LogP contribution is -2.41. The Morgan fingerprint density at radius 3 is 2.00 bits per heavy atom. The molecule has 1 aliphatic rings. The van der Waals surface area contributed by atoms with E-state index in [0.717, 1.165) is 5.46 Å². The lowest BCUT2D eigenvalue weighted by Gasteiger charge is -2.32. The van der Waals surface area contributed by atoms with Gasteiger partial charge in [-0.05, 0) is 57.3 Å². The Labute approximate surface area is 159 Å². The summed E-state index contributed by atoms with van der Waals surface area (Å²) in [6, 6.07) is 13.1. The van der Waals surface area contributed by atoms with Crippen molar-refractivity contribution in [3.05, 3.63) is 65.2 Å². The molecule has 1 N–H and O–H groups in total. The van der Waals surface area contributed by atoms with Crippen LogP contribution in [-0.4, -0.2) is 23.4 Å². The smallest absolute Gasteiger partial charge is 0.399 e. The molecular weight excluding hydrogens is 349 g/mol. The molecule has 0 amide bonds. The van der Waals surface area contributed by atoms with E-state index in [2.05, 4.69) is 0 Å². The molecule has 0 bridgehead atoms. The van der Waals surface area contributed by atoms with E-state index >= 15 is 0 Å². The minimum Gasteiger partial charge on any atom is -0.399 e. The van der Waals surface area contributed by atoms with Gasteiger partial charge in [-0.2, -0.15) is 0 Å². The number of aliphatic hydroxyl groups is 1. The van der Waals surface area contributed by atoms with Crippen LogP contribution >= 0.6 is 0 Å². The molecule has 0 saturated carbocycles. The average Bonchev–Trinajstić information content (AvgIpc) is 2.83. The maximum Gasteiger partial charge on any atom is 0.494 e. The van der Waals surface area contributed by atoms with E-state index in [1.54, 1.807) is 25.1 Å². The Hall–Kier alpha value is -1.76. The number of alkyl halides is 2. The predicted molar refractivity (Wildman–Crippen MR) is 102 cm³/mol. The minimum absolute atomic E-state index is 0.110. The van der Waals surface area contributed by atoms with Crippen LogP contribution in [-0.2, 0) is 14.9 Å². The molecule has 3 nitrogen and oxygen atoms in total. The van der Waals surface area contributed by atoms with Crippen molar-refractivity contribution in [1.29, 1.82) is 0 Å². The van der Waals surface area contributed by atoms with Crippen molar-refractivity contribution in [1.82, 2.24) is 0 Å². The van der Waals surface area contributed by atoms with E-state index < -0.39 is 30.3 Å². The Balaban J connectivity index is 1.86. The third-order valence-corrected chi connectivity index (χ3v) is 5.70. The fourth-order valence-electron chi connectivity index (χ4n) is 3.09. The highest BCUT2D eigenvalue weighted by Crippen LogP contribution is 2.37. The SMILES string of the molecule is CC(O)(c1ccc(B2OC(C)(C)C(C)(C)O2)cc1)c1cccc(C(F)F)c1. The van der Waals surface area contributed by atoms with Crippen molar-refractivity contribution in [2.24, 2.45) is 0 Å². The van der Waals surface area contributed by atoms with Gasteiger partial charge in [-0.15, -0.1) is 0 Å². The topological polar surface area (TPSA) is 38.7 Å². The quantitative estimate of drug-likeness (QED) is 0.817. The van der Waals surface area contributed by atoms with Crippen molar-refractivity contribution in [3.8, 4) is 0 Å². The fourth-order valence-corrected chi connectivity index (χ4v) is 3.09. The molecule has 0 radical (unpaired) electrons. The fraction of sp³-hybridized carbons (Fsp3) is 0.429. The highest BCUT2D eigenvalue weighted by molar-refractivity contribution is 6.62. The maximum atomic E-state index is 13.0. The summed E-state index contributed by atoms with van der Waals surface area (Å²) in [5.74, 6) is 0. The van der Waals surface area contributed by atoms with Crippen LogP contribution in [0.4, 0.5) is 8.78 Å². The number of benzene rings is 2. The molecule has 1 saturated heterocycles. The van der Waals surface area contributed by atoms with E-state index in [1.807, 2.05) is 39.8 Å². The van der Waals surface area contributed by atoms with Crippen LogP contribution in [0, 0.1) is 0 Å². The molecule has 2 aromatic carbocycles. The second kappa shape index (κ2) is 6.69. The summed E-state index contributed by atoms with van der Waals surface area (Å²) in [6.07, 6.45) is -2.58. The zero-order chi connectivity index (χ0) is 20.0. The van der Waals surface area contributed by atoms with Crippen LogP contribution in [0.15, 0.2) is 48.5 Å². The van der Waals surface area contributed by atoms with Gasteiger partial charge >= 0.3 is 7.12 Å². The molecule has 0 aromatic heterocycles. The number of halogens is 2. The lowest BCUT2D eigenvalue weighted by molar-refractivity contribution is 0.00578. The second-order valence-electron chi connectivity index (χ2n) is 8.21. The van der Waals surface area contributed by atoms with E-state index in [4.69, 9.17) is 9.31 Å². The average molecular weight is 374 g/mol. The number of hydrogen-bond donors (Lipinski definition) is 1. The van der Waals surface area contributed by atoms with Gasteiger partial charge in [0.1, 0.15) is 5.60 Å². The molecule has 0 aliphatic carbocycles. The third kappa shape index (κ3) is 3.66. The maximum absolute atomic E-state index is 13.0. The molecule has 1 heterocycles. The van der Waals surface area contributed by atoms with Gasteiger partial charge in [-0.25, -0.2) is 8.78 Å². The molecule has 3 rings (SSSR count). The second-order valence-corrected chi connectivity index (χ2v) is 8.21. The van der Waals surface area contributed by atoms with Gasteiger partial charge in [0.15, 0.2) is 0 Å². The van der Waals surface area contributed by atoms with E-state index in [-0.39, 0.29) is 5.56 Å². The monoisotopic (exact) mass is 374 g/mol. The molecule has 144 valence electrons. The molecule has 1 unspecified atom stereocenters. The van der Waals surface area contributed by atoms with E-state index in [1.165, 1.54) is 18.2 Å². The van der Waals surface area contributed by atoms with Gasteiger partial charge in [0.2, 0.25) is 0 Å². The Kier molecular flexibility index (Phi) is 4.95. The van der Waals surface area contributed by atoms with Crippen molar-refractivity contribution in [2.45, 2.75) is 57.8 Å². The summed E-state index contributed by atoms with van der Waals surface area (Å²) in [6.45, 7) is 9.55. The molecule has 2 aromatic rings. The predicted octanol–water partition coefficient (Wildman–Crippen LogP) is 4.18. The normalized spacial score (nSPS) is 20.7. The van der Waals surface area contributed by atoms with Crippen molar-refractivity contribution in [3.63, 3.8) is 0 Å². The van der Waals surface area contributed by atoms with Crippen LogP contribution in [0.2, 0.25) is 0 Å².